The molecule has 0 saturated heterocycles. The Labute approximate surface area is 172 Å². The van der Waals surface area contributed by atoms with E-state index in [1.807, 2.05) is 29.7 Å². The van der Waals surface area contributed by atoms with E-state index in [0.29, 0.717) is 5.16 Å². The summed E-state index contributed by atoms with van der Waals surface area (Å²) in [5.74, 6) is 1.96. The van der Waals surface area contributed by atoms with E-state index in [-0.39, 0.29) is 17.3 Å². The molecule has 8 heteroatoms. The van der Waals surface area contributed by atoms with E-state index < -0.39 is 5.82 Å². The molecule has 1 heterocycles. The van der Waals surface area contributed by atoms with Crippen LogP contribution in [-0.4, -0.2) is 26.4 Å². The maximum atomic E-state index is 13.6. The van der Waals surface area contributed by atoms with Crippen LogP contribution in [0.2, 0.25) is 0 Å². The third kappa shape index (κ3) is 5.59. The van der Waals surface area contributed by atoms with Crippen molar-refractivity contribution in [1.29, 1.82) is 0 Å². The molecule has 0 atom stereocenters. The van der Waals surface area contributed by atoms with Crippen molar-refractivity contribution in [1.82, 2.24) is 14.8 Å². The van der Waals surface area contributed by atoms with Gasteiger partial charge in [0.1, 0.15) is 11.6 Å². The molecule has 0 bridgehead atoms. The van der Waals surface area contributed by atoms with Crippen LogP contribution in [0.1, 0.15) is 18.3 Å². The monoisotopic (exact) mass is 416 g/mol. The van der Waals surface area contributed by atoms with Gasteiger partial charge in [-0.25, -0.2) is 4.39 Å². The largest absolute Gasteiger partial charge is 0.323 e. The first-order valence-corrected chi connectivity index (χ1v) is 11.0. The smallest absolute Gasteiger partial charge is 0.234 e. The Kier molecular flexibility index (Phi) is 7.50. The number of rotatable bonds is 9. The second-order valence-corrected chi connectivity index (χ2v) is 7.87. The number of carbonyl (C=O) groups is 1. The second kappa shape index (κ2) is 10.3. The first-order chi connectivity index (χ1) is 13.7. The molecule has 0 radical (unpaired) electrons. The molecular weight excluding hydrogens is 395 g/mol. The van der Waals surface area contributed by atoms with Crippen molar-refractivity contribution in [3.63, 3.8) is 0 Å². The first kappa shape index (κ1) is 20.4. The number of aromatic nitrogens is 3. The predicted octanol–water partition coefficient (Wildman–Crippen LogP) is 4.60. The van der Waals surface area contributed by atoms with E-state index in [1.54, 1.807) is 23.9 Å². The average molecular weight is 417 g/mol. The van der Waals surface area contributed by atoms with Crippen molar-refractivity contribution in [2.45, 2.75) is 30.1 Å². The highest BCUT2D eigenvalue weighted by Crippen LogP contribution is 2.22. The van der Waals surface area contributed by atoms with Gasteiger partial charge in [-0.3, -0.25) is 4.79 Å². The minimum atomic E-state index is -0.449. The summed E-state index contributed by atoms with van der Waals surface area (Å²) in [4.78, 5) is 12.1. The summed E-state index contributed by atoms with van der Waals surface area (Å²) >= 11 is 3.08. The summed E-state index contributed by atoms with van der Waals surface area (Å²) in [6, 6.07) is 16.4. The number of anilines is 1. The number of para-hydroxylation sites is 1. The van der Waals surface area contributed by atoms with Crippen molar-refractivity contribution < 1.29 is 9.18 Å². The zero-order chi connectivity index (χ0) is 19.8. The molecule has 146 valence electrons. The summed E-state index contributed by atoms with van der Waals surface area (Å²) in [6.07, 6.45) is 0. The first-order valence-electron chi connectivity index (χ1n) is 8.88. The lowest BCUT2D eigenvalue weighted by molar-refractivity contribution is -0.113. The number of hydrogen-bond donors (Lipinski definition) is 1. The molecule has 0 unspecified atom stereocenters. The molecule has 0 spiro atoms. The van der Waals surface area contributed by atoms with Gasteiger partial charge in [-0.2, -0.15) is 0 Å². The number of nitrogens with zero attached hydrogens (tertiary/aromatic N) is 3. The molecule has 28 heavy (non-hydrogen) atoms. The fourth-order valence-corrected chi connectivity index (χ4v) is 4.31. The molecule has 0 saturated carbocycles. The van der Waals surface area contributed by atoms with Crippen LogP contribution in [0.5, 0.6) is 0 Å². The van der Waals surface area contributed by atoms with Crippen molar-refractivity contribution in [2.24, 2.45) is 0 Å². The highest BCUT2D eigenvalue weighted by Gasteiger charge is 2.14. The normalized spacial score (nSPS) is 10.8. The fourth-order valence-electron chi connectivity index (χ4n) is 2.56. The van der Waals surface area contributed by atoms with E-state index in [2.05, 4.69) is 27.6 Å². The summed E-state index contributed by atoms with van der Waals surface area (Å²) < 4.78 is 15.6. The van der Waals surface area contributed by atoms with Crippen LogP contribution in [0.4, 0.5) is 10.1 Å². The van der Waals surface area contributed by atoms with E-state index >= 15 is 0 Å². The maximum Gasteiger partial charge on any atom is 0.234 e. The van der Waals surface area contributed by atoms with Crippen LogP contribution >= 0.6 is 23.5 Å². The van der Waals surface area contributed by atoms with Gasteiger partial charge < -0.3 is 9.88 Å². The van der Waals surface area contributed by atoms with Crippen molar-refractivity contribution >= 4 is 35.1 Å². The number of nitrogens with one attached hydrogen (secondary N) is 1. The number of thioether (sulfide) groups is 2. The Bertz CT molecular complexity index is 918. The minimum absolute atomic E-state index is 0.142. The molecule has 0 aliphatic heterocycles. The van der Waals surface area contributed by atoms with Gasteiger partial charge in [-0.05, 0) is 24.6 Å². The standard InChI is InChI=1S/C20H21FN4OS2/c1-2-25-18(13-27-12-15-8-4-3-5-9-15)23-24-20(25)28-14-19(26)22-17-11-7-6-10-16(17)21/h3-11H,2,12-14H2,1H3,(H,22,26). The molecule has 0 aliphatic rings. The topological polar surface area (TPSA) is 59.8 Å². The van der Waals surface area contributed by atoms with Crippen LogP contribution in [0.25, 0.3) is 0 Å². The van der Waals surface area contributed by atoms with Gasteiger partial charge in [-0.15, -0.1) is 22.0 Å². The molecule has 0 fully saturated rings. The molecule has 0 aliphatic carbocycles. The lowest BCUT2D eigenvalue weighted by atomic mass is 10.2. The summed E-state index contributed by atoms with van der Waals surface area (Å²) in [5, 5.41) is 11.8. The zero-order valence-electron chi connectivity index (χ0n) is 15.5. The Morgan fingerprint density at radius 2 is 1.82 bits per heavy atom. The third-order valence-corrected chi connectivity index (χ3v) is 5.90. The van der Waals surface area contributed by atoms with E-state index in [9.17, 15) is 9.18 Å². The van der Waals surface area contributed by atoms with Gasteiger partial charge in [0.2, 0.25) is 5.91 Å². The molecule has 5 nitrogen and oxygen atoms in total. The quantitative estimate of drug-likeness (QED) is 0.517. The summed E-state index contributed by atoms with van der Waals surface area (Å²) in [5.41, 5.74) is 1.46. The third-order valence-electron chi connectivity index (χ3n) is 3.93. The number of halogens is 1. The highest BCUT2D eigenvalue weighted by molar-refractivity contribution is 7.99. The SMILES string of the molecule is CCn1c(CSCc2ccccc2)nnc1SCC(=O)Nc1ccccc1F. The zero-order valence-corrected chi connectivity index (χ0v) is 17.1. The van der Waals surface area contributed by atoms with Crippen LogP contribution in [0, 0.1) is 5.82 Å². The Morgan fingerprint density at radius 3 is 2.57 bits per heavy atom. The van der Waals surface area contributed by atoms with Gasteiger partial charge in [-0.1, -0.05) is 54.2 Å². The summed E-state index contributed by atoms with van der Waals surface area (Å²) in [7, 11) is 0. The predicted molar refractivity (Wildman–Crippen MR) is 113 cm³/mol. The van der Waals surface area contributed by atoms with Crippen LogP contribution < -0.4 is 5.32 Å². The number of carbonyl (C=O) groups excluding carboxylic acids is 1. The van der Waals surface area contributed by atoms with Crippen LogP contribution in [-0.2, 0) is 22.8 Å². The van der Waals surface area contributed by atoms with E-state index in [1.165, 1.54) is 29.5 Å². The summed E-state index contributed by atoms with van der Waals surface area (Å²) in [6.45, 7) is 2.75. The highest BCUT2D eigenvalue weighted by atomic mass is 32.2. The fraction of sp³-hybridized carbons (Fsp3) is 0.250. The van der Waals surface area contributed by atoms with Gasteiger partial charge in [0, 0.05) is 12.3 Å². The van der Waals surface area contributed by atoms with E-state index in [4.69, 9.17) is 0 Å². The van der Waals surface area contributed by atoms with Crippen molar-refractivity contribution in [2.75, 3.05) is 11.1 Å². The molecule has 3 aromatic rings. The molecule has 1 amide bonds. The number of benzene rings is 2. The molecular formula is C20H21FN4OS2. The van der Waals surface area contributed by atoms with Gasteiger partial charge in [0.05, 0.1) is 17.2 Å². The van der Waals surface area contributed by atoms with Crippen LogP contribution in [0.3, 0.4) is 0 Å². The van der Waals surface area contributed by atoms with Crippen molar-refractivity contribution in [3.8, 4) is 0 Å². The second-order valence-electron chi connectivity index (χ2n) is 5.94. The molecule has 1 N–H and O–H groups in total. The Hall–Kier alpha value is -2.32. The van der Waals surface area contributed by atoms with Gasteiger partial charge >= 0.3 is 0 Å². The van der Waals surface area contributed by atoms with Gasteiger partial charge in [0.15, 0.2) is 5.16 Å². The number of hydrogen-bond acceptors (Lipinski definition) is 5. The lowest BCUT2D eigenvalue weighted by Crippen LogP contribution is -2.15. The average Bonchev–Trinajstić information content (AvgIpc) is 3.11. The minimum Gasteiger partial charge on any atom is -0.323 e. The Morgan fingerprint density at radius 1 is 1.07 bits per heavy atom. The van der Waals surface area contributed by atoms with Gasteiger partial charge in [0.25, 0.3) is 0 Å². The number of amides is 1. The molecule has 2 aromatic carbocycles. The lowest BCUT2D eigenvalue weighted by Gasteiger charge is -2.08. The Balaban J connectivity index is 1.53. The maximum absolute atomic E-state index is 13.6. The van der Waals surface area contributed by atoms with E-state index in [0.717, 1.165) is 23.9 Å². The van der Waals surface area contributed by atoms with Crippen LogP contribution in [0.15, 0.2) is 59.8 Å². The molecule has 3 rings (SSSR count). The molecule has 1 aromatic heterocycles. The van der Waals surface area contributed by atoms with Crippen molar-refractivity contribution in [3.05, 3.63) is 71.8 Å².